The Balaban J connectivity index is 2.02. The molecule has 1 N–H and O–H groups in total. The molecular weight excluding hydrogens is 306 g/mol. The van der Waals surface area contributed by atoms with Crippen LogP contribution in [0.4, 0.5) is 0 Å². The summed E-state index contributed by atoms with van der Waals surface area (Å²) in [7, 11) is 0. The lowest BCUT2D eigenvalue weighted by atomic mass is 9.47. The largest absolute Gasteiger partial charge is 0.411 e. The zero-order valence-corrected chi connectivity index (χ0v) is 17.2. The van der Waals surface area contributed by atoms with Crippen LogP contribution in [0.25, 0.3) is 0 Å². The summed E-state index contributed by atoms with van der Waals surface area (Å²) in [4.78, 5) is 0. The number of oxime groups is 1. The standard InChI is InChI=1S/C23H39NO/c1-17(9-7-10-19(3)24-25)11-13-20-18(2)12-14-21-22(4,5)15-8-16-23(20,21)6/h9,20-21,25H,2,7-8,10-16H2,1,3-6H3/b17-9-,24-19+. The molecule has 2 heteroatoms. The van der Waals surface area contributed by atoms with Crippen LogP contribution in [-0.2, 0) is 0 Å². The first-order chi connectivity index (χ1) is 11.7. The van der Waals surface area contributed by atoms with Crippen LogP contribution in [0.5, 0.6) is 0 Å². The minimum Gasteiger partial charge on any atom is -0.411 e. The SMILES string of the molecule is C=C1CCC2C(C)(C)CCCC2(C)C1CC/C(C)=C\CC/C(C)=N/O. The van der Waals surface area contributed by atoms with E-state index in [2.05, 4.69) is 45.5 Å². The molecule has 2 nitrogen and oxygen atoms in total. The molecule has 142 valence electrons. The molecule has 0 aromatic rings. The minimum absolute atomic E-state index is 0.442. The minimum atomic E-state index is 0.442. The molecule has 0 aromatic carbocycles. The number of hydrogen-bond acceptors (Lipinski definition) is 2. The van der Waals surface area contributed by atoms with Gasteiger partial charge in [0.15, 0.2) is 0 Å². The smallest absolute Gasteiger partial charge is 0.0543 e. The number of fused-ring (bicyclic) bond motifs is 1. The first-order valence-electron chi connectivity index (χ1n) is 10.2. The Hall–Kier alpha value is -1.05. The Morgan fingerprint density at radius 1 is 1.24 bits per heavy atom. The van der Waals surface area contributed by atoms with Crippen LogP contribution in [0.1, 0.15) is 92.4 Å². The number of rotatable bonds is 6. The van der Waals surface area contributed by atoms with Gasteiger partial charge < -0.3 is 5.21 Å². The summed E-state index contributed by atoms with van der Waals surface area (Å²) in [6.45, 7) is 16.2. The molecule has 0 aliphatic heterocycles. The fourth-order valence-corrected chi connectivity index (χ4v) is 5.86. The third-order valence-corrected chi connectivity index (χ3v) is 7.32. The van der Waals surface area contributed by atoms with Gasteiger partial charge in [0, 0.05) is 0 Å². The number of allylic oxidation sites excluding steroid dienone is 3. The van der Waals surface area contributed by atoms with E-state index < -0.39 is 0 Å². The molecule has 0 amide bonds. The lowest BCUT2D eigenvalue weighted by Crippen LogP contribution is -2.49. The predicted molar refractivity (Wildman–Crippen MR) is 108 cm³/mol. The highest BCUT2D eigenvalue weighted by atomic mass is 16.4. The highest BCUT2D eigenvalue weighted by Gasteiger charge is 2.52. The second kappa shape index (κ2) is 8.10. The van der Waals surface area contributed by atoms with E-state index in [0.29, 0.717) is 16.7 Å². The maximum atomic E-state index is 8.74. The average Bonchev–Trinajstić information content (AvgIpc) is 2.53. The average molecular weight is 346 g/mol. The first kappa shape index (κ1) is 20.3. The molecule has 2 saturated carbocycles. The molecule has 2 aliphatic rings. The van der Waals surface area contributed by atoms with E-state index in [-0.39, 0.29) is 0 Å². The van der Waals surface area contributed by atoms with E-state index in [9.17, 15) is 0 Å². The Morgan fingerprint density at radius 3 is 2.64 bits per heavy atom. The third kappa shape index (κ3) is 4.57. The van der Waals surface area contributed by atoms with Crippen molar-refractivity contribution in [1.29, 1.82) is 0 Å². The van der Waals surface area contributed by atoms with Gasteiger partial charge in [-0.05, 0) is 87.9 Å². The van der Waals surface area contributed by atoms with Crippen molar-refractivity contribution in [2.75, 3.05) is 0 Å². The van der Waals surface area contributed by atoms with Crippen LogP contribution in [0.2, 0.25) is 0 Å². The van der Waals surface area contributed by atoms with Crippen LogP contribution in [0.3, 0.4) is 0 Å². The molecule has 0 heterocycles. The Labute approximate surface area is 155 Å². The molecule has 0 bridgehead atoms. The summed E-state index contributed by atoms with van der Waals surface area (Å²) in [5.74, 6) is 1.52. The quantitative estimate of drug-likeness (QED) is 0.236. The fraction of sp³-hybridized carbons (Fsp3) is 0.783. The van der Waals surface area contributed by atoms with Crippen molar-refractivity contribution < 1.29 is 5.21 Å². The van der Waals surface area contributed by atoms with Crippen LogP contribution in [0.15, 0.2) is 29.0 Å². The van der Waals surface area contributed by atoms with Crippen LogP contribution in [-0.4, -0.2) is 10.9 Å². The van der Waals surface area contributed by atoms with Crippen molar-refractivity contribution in [1.82, 2.24) is 0 Å². The van der Waals surface area contributed by atoms with Gasteiger partial charge in [-0.1, -0.05) is 56.1 Å². The second-order valence-electron chi connectivity index (χ2n) is 9.61. The van der Waals surface area contributed by atoms with E-state index >= 15 is 0 Å². The van der Waals surface area contributed by atoms with Gasteiger partial charge in [0.05, 0.1) is 5.71 Å². The molecule has 0 spiro atoms. The number of hydrogen-bond donors (Lipinski definition) is 1. The van der Waals surface area contributed by atoms with Gasteiger partial charge in [0.25, 0.3) is 0 Å². The van der Waals surface area contributed by atoms with Crippen molar-refractivity contribution in [2.24, 2.45) is 27.8 Å². The van der Waals surface area contributed by atoms with Crippen molar-refractivity contribution in [3.8, 4) is 0 Å². The third-order valence-electron chi connectivity index (χ3n) is 7.32. The molecule has 0 saturated heterocycles. The Kier molecular flexibility index (Phi) is 6.56. The predicted octanol–water partition coefficient (Wildman–Crippen LogP) is 7.14. The Morgan fingerprint density at radius 2 is 1.96 bits per heavy atom. The lowest BCUT2D eigenvalue weighted by molar-refractivity contribution is -0.0539. The van der Waals surface area contributed by atoms with Crippen LogP contribution in [0, 0.1) is 22.7 Å². The van der Waals surface area contributed by atoms with Crippen molar-refractivity contribution in [3.05, 3.63) is 23.8 Å². The summed E-state index contributed by atoms with van der Waals surface area (Å²) in [5, 5.41) is 12.0. The highest BCUT2D eigenvalue weighted by molar-refractivity contribution is 5.81. The van der Waals surface area contributed by atoms with Gasteiger partial charge >= 0.3 is 0 Å². The molecule has 0 radical (unpaired) electrons. The van der Waals surface area contributed by atoms with Crippen LogP contribution < -0.4 is 0 Å². The van der Waals surface area contributed by atoms with Crippen molar-refractivity contribution in [3.63, 3.8) is 0 Å². The van der Waals surface area contributed by atoms with Gasteiger partial charge in [-0.15, -0.1) is 0 Å². The van der Waals surface area contributed by atoms with Gasteiger partial charge in [-0.25, -0.2) is 0 Å². The van der Waals surface area contributed by atoms with E-state index in [1.807, 2.05) is 6.92 Å². The summed E-state index contributed by atoms with van der Waals surface area (Å²) >= 11 is 0. The Bertz CT molecular complexity index is 542. The first-order valence-corrected chi connectivity index (χ1v) is 10.2. The topological polar surface area (TPSA) is 32.6 Å². The number of nitrogens with zero attached hydrogens (tertiary/aromatic N) is 1. The summed E-state index contributed by atoms with van der Waals surface area (Å²) < 4.78 is 0. The van der Waals surface area contributed by atoms with Crippen LogP contribution >= 0.6 is 0 Å². The van der Waals surface area contributed by atoms with Crippen molar-refractivity contribution >= 4 is 5.71 Å². The van der Waals surface area contributed by atoms with Gasteiger partial charge in [-0.3, -0.25) is 0 Å². The van der Waals surface area contributed by atoms with E-state index in [0.717, 1.165) is 24.5 Å². The fourth-order valence-electron chi connectivity index (χ4n) is 5.86. The maximum Gasteiger partial charge on any atom is 0.0543 e. The zero-order valence-electron chi connectivity index (χ0n) is 17.2. The summed E-state index contributed by atoms with van der Waals surface area (Å²) in [6, 6.07) is 0. The molecular formula is C23H39NO. The zero-order chi connectivity index (χ0) is 18.7. The van der Waals surface area contributed by atoms with Gasteiger partial charge in [-0.2, -0.15) is 0 Å². The van der Waals surface area contributed by atoms with Gasteiger partial charge in [0.2, 0.25) is 0 Å². The van der Waals surface area contributed by atoms with E-state index in [1.54, 1.807) is 0 Å². The molecule has 25 heavy (non-hydrogen) atoms. The molecule has 0 aromatic heterocycles. The molecule has 3 unspecified atom stereocenters. The highest BCUT2D eigenvalue weighted by Crippen LogP contribution is 2.61. The molecule has 3 atom stereocenters. The lowest BCUT2D eigenvalue weighted by Gasteiger charge is -2.58. The summed E-state index contributed by atoms with van der Waals surface area (Å²) in [6.07, 6.45) is 13.3. The molecule has 2 aliphatic carbocycles. The monoisotopic (exact) mass is 345 g/mol. The molecule has 2 rings (SSSR count). The molecule has 2 fully saturated rings. The van der Waals surface area contributed by atoms with Crippen molar-refractivity contribution in [2.45, 2.75) is 92.4 Å². The van der Waals surface area contributed by atoms with E-state index in [4.69, 9.17) is 5.21 Å². The second-order valence-corrected chi connectivity index (χ2v) is 9.61. The van der Waals surface area contributed by atoms with E-state index in [1.165, 1.54) is 56.1 Å². The van der Waals surface area contributed by atoms with Gasteiger partial charge in [0.1, 0.15) is 0 Å². The summed E-state index contributed by atoms with van der Waals surface area (Å²) in [5.41, 5.74) is 4.71. The normalized spacial score (nSPS) is 33.2. The maximum absolute atomic E-state index is 8.74.